The van der Waals surface area contributed by atoms with Gasteiger partial charge < -0.3 is 14.5 Å². The maximum atomic E-state index is 12.3. The van der Waals surface area contributed by atoms with Gasteiger partial charge in [0.15, 0.2) is 0 Å². The van der Waals surface area contributed by atoms with E-state index >= 15 is 0 Å². The molecule has 1 aromatic heterocycles. The number of hydrogen-bond acceptors (Lipinski definition) is 5. The molecule has 0 N–H and O–H groups in total. The van der Waals surface area contributed by atoms with Crippen LogP contribution in [-0.2, 0) is 4.74 Å². The minimum absolute atomic E-state index is 0.0277. The van der Waals surface area contributed by atoms with Gasteiger partial charge in [-0.2, -0.15) is 0 Å². The Morgan fingerprint density at radius 3 is 2.71 bits per heavy atom. The van der Waals surface area contributed by atoms with Crippen LogP contribution in [0.25, 0.3) is 0 Å². The molecule has 2 fully saturated rings. The summed E-state index contributed by atoms with van der Waals surface area (Å²) in [6.07, 6.45) is 7.54. The van der Waals surface area contributed by atoms with Crippen molar-refractivity contribution in [3.05, 3.63) is 24.3 Å². The quantitative estimate of drug-likeness (QED) is 0.806. The van der Waals surface area contributed by atoms with Crippen LogP contribution in [0.5, 0.6) is 0 Å². The highest BCUT2D eigenvalue weighted by atomic mass is 16.5. The number of rotatable bonds is 2. The van der Waals surface area contributed by atoms with Crippen molar-refractivity contribution in [2.24, 2.45) is 0 Å². The van der Waals surface area contributed by atoms with Crippen LogP contribution in [0.4, 0.5) is 0 Å². The number of likely N-dealkylation sites (tertiary alicyclic amines) is 1. The first-order chi connectivity index (χ1) is 10.1. The van der Waals surface area contributed by atoms with Gasteiger partial charge in [-0.3, -0.25) is 9.78 Å². The summed E-state index contributed by atoms with van der Waals surface area (Å²) in [6, 6.07) is 0.493. The number of likely N-dealkylation sites (N-methyl/N-ethyl adjacent to an activating group) is 1. The van der Waals surface area contributed by atoms with Crippen LogP contribution < -0.4 is 0 Å². The van der Waals surface area contributed by atoms with Crippen LogP contribution in [0.3, 0.4) is 0 Å². The van der Waals surface area contributed by atoms with Crippen molar-refractivity contribution in [1.29, 1.82) is 0 Å². The van der Waals surface area contributed by atoms with Crippen molar-refractivity contribution in [3.8, 4) is 0 Å². The van der Waals surface area contributed by atoms with Gasteiger partial charge >= 0.3 is 0 Å². The third kappa shape index (κ3) is 2.91. The zero-order valence-electron chi connectivity index (χ0n) is 12.7. The highest BCUT2D eigenvalue weighted by Crippen LogP contribution is 2.37. The molecule has 114 valence electrons. The minimum atomic E-state index is -0.0336. The molecule has 1 spiro atoms. The van der Waals surface area contributed by atoms with E-state index in [9.17, 15) is 4.79 Å². The summed E-state index contributed by atoms with van der Waals surface area (Å²) in [6.45, 7) is 2.26. The number of amides is 1. The average molecular weight is 290 g/mol. The van der Waals surface area contributed by atoms with Gasteiger partial charge in [0.1, 0.15) is 5.69 Å². The average Bonchev–Trinajstić information content (AvgIpc) is 2.92. The van der Waals surface area contributed by atoms with Crippen LogP contribution in [0, 0.1) is 0 Å². The molecule has 6 nitrogen and oxygen atoms in total. The summed E-state index contributed by atoms with van der Waals surface area (Å²) in [5.41, 5.74) is 0.389. The van der Waals surface area contributed by atoms with Crippen molar-refractivity contribution in [1.82, 2.24) is 19.8 Å². The zero-order chi connectivity index (χ0) is 14.9. The molecule has 2 saturated heterocycles. The van der Waals surface area contributed by atoms with E-state index in [0.29, 0.717) is 11.7 Å². The van der Waals surface area contributed by atoms with Gasteiger partial charge in [0, 0.05) is 31.5 Å². The van der Waals surface area contributed by atoms with Gasteiger partial charge in [0.25, 0.3) is 5.91 Å². The van der Waals surface area contributed by atoms with Gasteiger partial charge in [0.05, 0.1) is 18.4 Å². The number of piperidine rings is 1. The zero-order valence-corrected chi connectivity index (χ0v) is 12.7. The van der Waals surface area contributed by atoms with Crippen LogP contribution in [0.15, 0.2) is 18.6 Å². The largest absolute Gasteiger partial charge is 0.373 e. The van der Waals surface area contributed by atoms with E-state index < -0.39 is 0 Å². The van der Waals surface area contributed by atoms with Crippen LogP contribution in [-0.4, -0.2) is 71.1 Å². The summed E-state index contributed by atoms with van der Waals surface area (Å²) in [5.74, 6) is -0.0277. The molecule has 0 radical (unpaired) electrons. The Kier molecular flexibility index (Phi) is 3.91. The van der Waals surface area contributed by atoms with Gasteiger partial charge in [-0.05, 0) is 33.4 Å². The first-order valence-electron chi connectivity index (χ1n) is 7.45. The fraction of sp³-hybridized carbons (Fsp3) is 0.667. The van der Waals surface area contributed by atoms with E-state index in [-0.39, 0.29) is 11.5 Å². The fourth-order valence-corrected chi connectivity index (χ4v) is 3.19. The second-order valence-electron chi connectivity index (χ2n) is 6.20. The fourth-order valence-electron chi connectivity index (χ4n) is 3.19. The number of hydrogen-bond donors (Lipinski definition) is 0. The summed E-state index contributed by atoms with van der Waals surface area (Å²) in [7, 11) is 4.19. The summed E-state index contributed by atoms with van der Waals surface area (Å²) in [5, 5.41) is 0. The Morgan fingerprint density at radius 1 is 1.38 bits per heavy atom. The number of ether oxygens (including phenoxy) is 1. The molecule has 2 aliphatic rings. The molecule has 0 unspecified atom stereocenters. The summed E-state index contributed by atoms with van der Waals surface area (Å²) >= 11 is 0. The Morgan fingerprint density at radius 2 is 2.14 bits per heavy atom. The van der Waals surface area contributed by atoms with Gasteiger partial charge in [-0.15, -0.1) is 0 Å². The van der Waals surface area contributed by atoms with Crippen LogP contribution >= 0.6 is 0 Å². The monoisotopic (exact) mass is 290 g/mol. The third-order valence-electron chi connectivity index (χ3n) is 4.66. The predicted octanol–water partition coefficient (Wildman–Crippen LogP) is 0.802. The second kappa shape index (κ2) is 5.69. The number of carbonyl (C=O) groups excluding carboxylic acids is 1. The van der Waals surface area contributed by atoms with E-state index in [1.54, 1.807) is 12.4 Å². The molecule has 0 saturated carbocycles. The van der Waals surface area contributed by atoms with Gasteiger partial charge in [-0.1, -0.05) is 0 Å². The first-order valence-corrected chi connectivity index (χ1v) is 7.45. The lowest BCUT2D eigenvalue weighted by atomic mass is 9.87. The van der Waals surface area contributed by atoms with E-state index in [2.05, 4.69) is 29.0 Å². The molecule has 1 atom stereocenters. The van der Waals surface area contributed by atoms with E-state index in [4.69, 9.17) is 4.74 Å². The lowest BCUT2D eigenvalue weighted by Crippen LogP contribution is -2.47. The highest BCUT2D eigenvalue weighted by molar-refractivity contribution is 5.92. The van der Waals surface area contributed by atoms with E-state index in [0.717, 1.165) is 39.0 Å². The number of nitrogens with zero attached hydrogens (tertiary/aromatic N) is 4. The maximum Gasteiger partial charge on any atom is 0.274 e. The Balaban J connectivity index is 1.60. The molecule has 3 rings (SSSR count). The molecular formula is C15H22N4O2. The minimum Gasteiger partial charge on any atom is -0.373 e. The smallest absolute Gasteiger partial charge is 0.274 e. The molecular weight excluding hydrogens is 268 g/mol. The second-order valence-corrected chi connectivity index (χ2v) is 6.20. The molecule has 3 heterocycles. The standard InChI is InChI=1S/C15H22N4O2/c1-18(2)12-9-15(21-11-12)3-7-19(8-4-15)14(20)13-10-16-5-6-17-13/h5-6,10,12H,3-4,7-9,11H2,1-2H3/t12-/m0/s1. The lowest BCUT2D eigenvalue weighted by Gasteiger charge is -2.38. The summed E-state index contributed by atoms with van der Waals surface area (Å²) in [4.78, 5) is 24.5. The SMILES string of the molecule is CN(C)[C@@H]1COC2(CCN(C(=O)c3cnccn3)CC2)C1. The van der Waals surface area contributed by atoms with Crippen molar-refractivity contribution < 1.29 is 9.53 Å². The Bertz CT molecular complexity index is 498. The van der Waals surface area contributed by atoms with E-state index in [1.807, 2.05) is 4.90 Å². The van der Waals surface area contributed by atoms with Crippen molar-refractivity contribution in [2.45, 2.75) is 30.9 Å². The lowest BCUT2D eigenvalue weighted by molar-refractivity contribution is -0.0393. The normalized spacial score (nSPS) is 24.7. The number of carbonyl (C=O) groups is 1. The third-order valence-corrected chi connectivity index (χ3v) is 4.66. The van der Waals surface area contributed by atoms with Gasteiger partial charge in [0.2, 0.25) is 0 Å². The van der Waals surface area contributed by atoms with E-state index in [1.165, 1.54) is 6.20 Å². The predicted molar refractivity (Wildman–Crippen MR) is 77.9 cm³/mol. The first kappa shape index (κ1) is 14.4. The van der Waals surface area contributed by atoms with Crippen LogP contribution in [0.1, 0.15) is 29.8 Å². The highest BCUT2D eigenvalue weighted by Gasteiger charge is 2.44. The van der Waals surface area contributed by atoms with Crippen molar-refractivity contribution in [2.75, 3.05) is 33.8 Å². The van der Waals surface area contributed by atoms with Crippen LogP contribution in [0.2, 0.25) is 0 Å². The molecule has 0 aromatic carbocycles. The maximum absolute atomic E-state index is 12.3. The molecule has 1 aromatic rings. The van der Waals surface area contributed by atoms with Crippen molar-refractivity contribution in [3.63, 3.8) is 0 Å². The molecule has 1 amide bonds. The summed E-state index contributed by atoms with van der Waals surface area (Å²) < 4.78 is 6.08. The van der Waals surface area contributed by atoms with Gasteiger partial charge in [-0.25, -0.2) is 4.98 Å². The molecule has 0 aliphatic carbocycles. The van der Waals surface area contributed by atoms with Crippen molar-refractivity contribution >= 4 is 5.91 Å². The molecule has 6 heteroatoms. The number of aromatic nitrogens is 2. The molecule has 2 aliphatic heterocycles. The molecule has 21 heavy (non-hydrogen) atoms. The molecule has 0 bridgehead atoms. The Labute approximate surface area is 125 Å². The topological polar surface area (TPSA) is 58.6 Å². The Hall–Kier alpha value is -1.53.